The summed E-state index contributed by atoms with van der Waals surface area (Å²) in [5, 5.41) is 14.8. The predicted octanol–water partition coefficient (Wildman–Crippen LogP) is 8.97. The van der Waals surface area contributed by atoms with Gasteiger partial charge in [0.15, 0.2) is 0 Å². The smallest absolute Gasteiger partial charge is 0.408 e. The largest absolute Gasteiger partial charge is 0.494 e. The minimum absolute atomic E-state index is 0.0169. The molecule has 0 bridgehead atoms. The summed E-state index contributed by atoms with van der Waals surface area (Å²) in [7, 11) is 0. The zero-order chi connectivity index (χ0) is 46.7. The number of ether oxygens (including phenoxy) is 7. The monoisotopic (exact) mass is 890 g/mol. The molecule has 2 saturated heterocycles. The number of esters is 2. The molecular formula is C50H70N2O12. The highest BCUT2D eigenvalue weighted by Crippen LogP contribution is 2.30. The van der Waals surface area contributed by atoms with Crippen LogP contribution in [0.15, 0.2) is 91.0 Å². The molecule has 0 aromatic heterocycles. The third-order valence-corrected chi connectivity index (χ3v) is 10.6. The average molecular weight is 891 g/mol. The van der Waals surface area contributed by atoms with Gasteiger partial charge in [0.05, 0.1) is 6.61 Å². The van der Waals surface area contributed by atoms with E-state index in [1.54, 1.807) is 48.5 Å². The average Bonchev–Trinajstić information content (AvgIpc) is 3.30. The maximum absolute atomic E-state index is 13.0. The number of aliphatic hydroxyl groups is 1. The van der Waals surface area contributed by atoms with Crippen molar-refractivity contribution in [2.24, 2.45) is 11.8 Å². The van der Waals surface area contributed by atoms with Gasteiger partial charge in [-0.3, -0.25) is 0 Å². The van der Waals surface area contributed by atoms with E-state index in [0.29, 0.717) is 44.5 Å². The van der Waals surface area contributed by atoms with Crippen molar-refractivity contribution in [2.45, 2.75) is 154 Å². The van der Waals surface area contributed by atoms with Gasteiger partial charge in [-0.25, -0.2) is 19.2 Å². The van der Waals surface area contributed by atoms with E-state index in [1.165, 1.54) is 0 Å². The van der Waals surface area contributed by atoms with E-state index in [0.717, 1.165) is 30.8 Å². The van der Waals surface area contributed by atoms with Crippen LogP contribution in [0, 0.1) is 11.8 Å². The Morgan fingerprint density at radius 3 is 1.34 bits per heavy atom. The molecule has 2 fully saturated rings. The fraction of sp³-hybridized carbons (Fsp3) is 0.560. The van der Waals surface area contributed by atoms with Crippen molar-refractivity contribution in [3.05, 3.63) is 91.0 Å². The molecule has 2 aliphatic rings. The van der Waals surface area contributed by atoms with Crippen LogP contribution in [-0.4, -0.2) is 90.1 Å². The van der Waals surface area contributed by atoms with Crippen LogP contribution in [0.5, 0.6) is 17.2 Å². The summed E-state index contributed by atoms with van der Waals surface area (Å²) >= 11 is 0. The lowest BCUT2D eigenvalue weighted by atomic mass is 9.89. The third kappa shape index (κ3) is 18.3. The molecule has 5 rings (SSSR count). The van der Waals surface area contributed by atoms with Crippen molar-refractivity contribution >= 4 is 24.1 Å². The Hall–Kier alpha value is -5.50. The maximum atomic E-state index is 13.0. The zero-order valence-corrected chi connectivity index (χ0v) is 38.8. The van der Waals surface area contributed by atoms with Gasteiger partial charge in [-0.1, -0.05) is 67.4 Å². The molecule has 0 aliphatic carbocycles. The zero-order valence-electron chi connectivity index (χ0n) is 38.8. The molecule has 352 valence electrons. The van der Waals surface area contributed by atoms with E-state index >= 15 is 0 Å². The number of carbonyl (C=O) groups is 4. The lowest BCUT2D eigenvalue weighted by Gasteiger charge is -2.31. The van der Waals surface area contributed by atoms with Crippen molar-refractivity contribution in [2.75, 3.05) is 13.2 Å². The molecule has 64 heavy (non-hydrogen) atoms. The highest BCUT2D eigenvalue weighted by atomic mass is 16.6. The first kappa shape index (κ1) is 51.1. The summed E-state index contributed by atoms with van der Waals surface area (Å²) in [4.78, 5) is 50.1. The maximum Gasteiger partial charge on any atom is 0.408 e. The van der Waals surface area contributed by atoms with Gasteiger partial charge in [-0.2, -0.15) is 0 Å². The minimum atomic E-state index is -0.780. The van der Waals surface area contributed by atoms with E-state index in [9.17, 15) is 24.3 Å². The second kappa shape index (κ2) is 25.1. The standard InChI is InChI=1S/C28H37NO6.C22H33NO6/c1-20-25(34-23-15-9-6-10-16-23)21(18-19-32-22-13-7-5-8-14-22)12-11-17-24(26(30)33-20)29-27(31)35-28(2,3)4;1-15-19(28-17-10-6-5-7-11-17)16(13-14-24)9-8-12-18(20(25)27-15)23-21(26)29-22(2,3)4/h5-10,13-16,20-21,24-25H,11-12,17-19H2,1-4H3,(H,29,31);5-7,10-11,15-16,18-19,24H,8-9,12-14H2,1-4H3,(H,23,26)/t20-,21+,24-,25-;15-,16+,18-,19-/m00/s1. The van der Waals surface area contributed by atoms with Crippen molar-refractivity contribution in [1.29, 1.82) is 0 Å². The van der Waals surface area contributed by atoms with Crippen molar-refractivity contribution in [1.82, 2.24) is 10.6 Å². The van der Waals surface area contributed by atoms with Gasteiger partial charge in [0.25, 0.3) is 0 Å². The molecular weight excluding hydrogens is 821 g/mol. The van der Waals surface area contributed by atoms with Crippen LogP contribution in [0.1, 0.15) is 107 Å². The molecule has 3 aromatic rings. The molecule has 0 radical (unpaired) electrons. The lowest BCUT2D eigenvalue weighted by molar-refractivity contribution is -0.157. The number of para-hydroxylation sites is 3. The Morgan fingerprint density at radius 1 is 0.594 bits per heavy atom. The number of benzene rings is 3. The van der Waals surface area contributed by atoms with Gasteiger partial charge in [-0.15, -0.1) is 0 Å². The summed E-state index contributed by atoms with van der Waals surface area (Å²) in [5.74, 6) is 1.34. The number of alkyl carbamates (subject to hydrolysis) is 2. The number of hydrogen-bond donors (Lipinski definition) is 3. The molecule has 2 amide bonds. The number of hydrogen-bond acceptors (Lipinski definition) is 12. The third-order valence-electron chi connectivity index (χ3n) is 10.6. The first-order chi connectivity index (χ1) is 30.4. The van der Waals surface area contributed by atoms with E-state index in [2.05, 4.69) is 10.6 Å². The molecule has 3 N–H and O–H groups in total. The summed E-state index contributed by atoms with van der Waals surface area (Å²) in [6, 6.07) is 27.0. The topological polar surface area (TPSA) is 177 Å². The van der Waals surface area contributed by atoms with Crippen molar-refractivity contribution < 1.29 is 57.4 Å². The number of aliphatic hydroxyl groups excluding tert-OH is 1. The summed E-state index contributed by atoms with van der Waals surface area (Å²) in [6.07, 6.45) is 2.02. The van der Waals surface area contributed by atoms with Gasteiger partial charge in [0, 0.05) is 18.4 Å². The van der Waals surface area contributed by atoms with Crippen LogP contribution in [0.3, 0.4) is 0 Å². The number of cyclic esters (lactones) is 2. The van der Waals surface area contributed by atoms with E-state index < -0.39 is 65.7 Å². The van der Waals surface area contributed by atoms with Gasteiger partial charge in [-0.05, 0) is 130 Å². The summed E-state index contributed by atoms with van der Waals surface area (Å²) < 4.78 is 40.5. The Balaban J connectivity index is 0.000000286. The first-order valence-electron chi connectivity index (χ1n) is 22.5. The Labute approximate surface area is 379 Å². The van der Waals surface area contributed by atoms with Crippen LogP contribution in [0.4, 0.5) is 9.59 Å². The quantitative estimate of drug-likeness (QED) is 0.116. The molecule has 2 aliphatic heterocycles. The van der Waals surface area contributed by atoms with Gasteiger partial charge in [0.1, 0.15) is 65.0 Å². The molecule has 3 aromatic carbocycles. The van der Waals surface area contributed by atoms with Crippen LogP contribution in [0.25, 0.3) is 0 Å². The first-order valence-corrected chi connectivity index (χ1v) is 22.5. The van der Waals surface area contributed by atoms with Crippen molar-refractivity contribution in [3.8, 4) is 17.2 Å². The number of nitrogens with one attached hydrogen (secondary N) is 2. The Bertz CT molecular complexity index is 1850. The predicted molar refractivity (Wildman–Crippen MR) is 242 cm³/mol. The van der Waals surface area contributed by atoms with Crippen LogP contribution in [0.2, 0.25) is 0 Å². The van der Waals surface area contributed by atoms with Gasteiger partial charge < -0.3 is 48.9 Å². The Morgan fingerprint density at radius 2 is 0.969 bits per heavy atom. The van der Waals surface area contributed by atoms with Gasteiger partial charge >= 0.3 is 24.1 Å². The summed E-state index contributed by atoms with van der Waals surface area (Å²) in [6.45, 7) is 14.8. The molecule has 0 spiro atoms. The van der Waals surface area contributed by atoms with Crippen molar-refractivity contribution in [3.63, 3.8) is 0 Å². The number of rotatable bonds is 12. The SMILES string of the molecule is C[C@@H]1OC(=O)[C@@H](NC(=O)OC(C)(C)C)CCC[C@H](CCO)[C@H]1Oc1ccccc1.C[C@@H]1OC(=O)[C@@H](NC(=O)OC(C)(C)C)CCC[C@H](CCOc2ccccc2)[C@H]1Oc1ccccc1. The fourth-order valence-electron chi connectivity index (χ4n) is 7.65. The molecule has 2 heterocycles. The molecule has 0 saturated carbocycles. The number of carbonyl (C=O) groups excluding carboxylic acids is 4. The van der Waals surface area contributed by atoms with E-state index in [4.69, 9.17) is 33.2 Å². The van der Waals surface area contributed by atoms with Gasteiger partial charge in [0.2, 0.25) is 0 Å². The lowest BCUT2D eigenvalue weighted by Crippen LogP contribution is -2.46. The van der Waals surface area contributed by atoms with Crippen LogP contribution < -0.4 is 24.8 Å². The highest BCUT2D eigenvalue weighted by molar-refractivity contribution is 5.82. The summed E-state index contributed by atoms with van der Waals surface area (Å²) in [5.41, 5.74) is -1.31. The Kier molecular flexibility index (Phi) is 20.1. The minimum Gasteiger partial charge on any atom is -0.494 e. The van der Waals surface area contributed by atoms with E-state index in [-0.39, 0.29) is 24.5 Å². The number of amides is 2. The van der Waals surface area contributed by atoms with Crippen LogP contribution in [-0.2, 0) is 28.5 Å². The fourth-order valence-corrected chi connectivity index (χ4v) is 7.65. The molecule has 8 atom stereocenters. The highest BCUT2D eigenvalue weighted by Gasteiger charge is 2.38. The normalized spacial score (nSPS) is 24.3. The van der Waals surface area contributed by atoms with Crippen LogP contribution >= 0.6 is 0 Å². The van der Waals surface area contributed by atoms with E-state index in [1.807, 2.05) is 97.9 Å². The second-order valence-corrected chi connectivity index (χ2v) is 18.3. The second-order valence-electron chi connectivity index (χ2n) is 18.3. The molecule has 0 unspecified atom stereocenters. The molecule has 14 heteroatoms. The molecule has 14 nitrogen and oxygen atoms in total.